The lowest BCUT2D eigenvalue weighted by atomic mass is 10.0. The summed E-state index contributed by atoms with van der Waals surface area (Å²) in [7, 11) is 0. The minimum absolute atomic E-state index is 0.0603. The first kappa shape index (κ1) is 19.0. The molecule has 0 atom stereocenters. The summed E-state index contributed by atoms with van der Waals surface area (Å²) < 4.78 is 5.66. The summed E-state index contributed by atoms with van der Waals surface area (Å²) in [6.07, 6.45) is 1.08. The minimum Gasteiger partial charge on any atom is -0.507 e. The molecule has 0 amide bonds. The second kappa shape index (κ2) is 7.69. The lowest BCUT2D eigenvalue weighted by Crippen LogP contribution is -2.05. The third-order valence-electron chi connectivity index (χ3n) is 3.80. The van der Waals surface area contributed by atoms with Crippen molar-refractivity contribution in [2.24, 2.45) is 0 Å². The molecule has 0 aliphatic heterocycles. The molecule has 0 unspecified atom stereocenters. The maximum Gasteiger partial charge on any atom is 0.339 e. The van der Waals surface area contributed by atoms with Gasteiger partial charge in [0.15, 0.2) is 5.78 Å². The molecular formula is C19H18O7. The van der Waals surface area contributed by atoms with Gasteiger partial charge in [0.25, 0.3) is 0 Å². The smallest absolute Gasteiger partial charge is 0.339 e. The Morgan fingerprint density at radius 2 is 1.62 bits per heavy atom. The molecule has 0 aliphatic carbocycles. The Hall–Kier alpha value is -3.35. The van der Waals surface area contributed by atoms with Gasteiger partial charge in [0.1, 0.15) is 22.8 Å². The fourth-order valence-electron chi connectivity index (χ4n) is 2.53. The van der Waals surface area contributed by atoms with Crippen LogP contribution in [0.15, 0.2) is 30.3 Å². The maximum atomic E-state index is 11.6. The number of carboxylic acid groups (broad SMARTS) is 2. The molecule has 2 rings (SSSR count). The Balaban J connectivity index is 2.54. The van der Waals surface area contributed by atoms with Gasteiger partial charge in [-0.25, -0.2) is 9.59 Å². The van der Waals surface area contributed by atoms with Crippen LogP contribution in [0.1, 0.15) is 56.9 Å². The van der Waals surface area contributed by atoms with Crippen molar-refractivity contribution in [2.75, 3.05) is 0 Å². The van der Waals surface area contributed by atoms with Crippen LogP contribution >= 0.6 is 0 Å². The normalized spacial score (nSPS) is 10.4. The van der Waals surface area contributed by atoms with Crippen molar-refractivity contribution in [3.63, 3.8) is 0 Å². The Bertz CT molecular complexity index is 884. The molecule has 7 nitrogen and oxygen atoms in total. The summed E-state index contributed by atoms with van der Waals surface area (Å²) in [5.74, 6) is -2.95. The fourth-order valence-corrected chi connectivity index (χ4v) is 2.53. The van der Waals surface area contributed by atoms with Gasteiger partial charge in [-0.2, -0.15) is 0 Å². The molecule has 0 bridgehead atoms. The van der Waals surface area contributed by atoms with Gasteiger partial charge in [-0.05, 0) is 43.7 Å². The molecule has 0 heterocycles. The number of ether oxygens (including phenoxy) is 1. The number of hydrogen-bond donors (Lipinski definition) is 3. The molecule has 0 saturated carbocycles. The number of benzene rings is 2. The van der Waals surface area contributed by atoms with Crippen molar-refractivity contribution in [1.82, 2.24) is 0 Å². The van der Waals surface area contributed by atoms with Crippen LogP contribution in [-0.4, -0.2) is 33.0 Å². The first-order valence-electron chi connectivity index (χ1n) is 7.90. The number of Topliss-reactive ketones (excluding diaryl/α,β-unsaturated/α-hetero) is 1. The van der Waals surface area contributed by atoms with Crippen LogP contribution in [-0.2, 0) is 6.42 Å². The van der Waals surface area contributed by atoms with Gasteiger partial charge in [-0.15, -0.1) is 0 Å². The van der Waals surface area contributed by atoms with Gasteiger partial charge in [0.2, 0.25) is 0 Å². The largest absolute Gasteiger partial charge is 0.507 e. The van der Waals surface area contributed by atoms with Crippen LogP contribution in [0, 0.1) is 0 Å². The van der Waals surface area contributed by atoms with E-state index in [-0.39, 0.29) is 39.7 Å². The summed E-state index contributed by atoms with van der Waals surface area (Å²) in [4.78, 5) is 34.1. The molecule has 136 valence electrons. The second-order valence-electron chi connectivity index (χ2n) is 5.67. The minimum atomic E-state index is -1.34. The lowest BCUT2D eigenvalue weighted by molar-refractivity contribution is 0.0693. The highest BCUT2D eigenvalue weighted by atomic mass is 16.5. The molecule has 26 heavy (non-hydrogen) atoms. The van der Waals surface area contributed by atoms with Crippen molar-refractivity contribution in [1.29, 1.82) is 0 Å². The zero-order valence-electron chi connectivity index (χ0n) is 14.3. The SMILES string of the molecule is CCCc1c(Oc2ccc(C(=O)O)cc2C(=O)O)ccc(C(C)=O)c1O. The number of phenolic OH excluding ortho intramolecular Hbond substituents is 1. The summed E-state index contributed by atoms with van der Waals surface area (Å²) in [5.41, 5.74) is 0.0418. The molecule has 0 spiro atoms. The van der Waals surface area contributed by atoms with Crippen molar-refractivity contribution in [2.45, 2.75) is 26.7 Å². The maximum absolute atomic E-state index is 11.6. The Morgan fingerprint density at radius 3 is 2.15 bits per heavy atom. The average Bonchev–Trinajstić information content (AvgIpc) is 2.57. The van der Waals surface area contributed by atoms with Crippen LogP contribution in [0.25, 0.3) is 0 Å². The predicted molar refractivity (Wildman–Crippen MR) is 92.5 cm³/mol. The van der Waals surface area contributed by atoms with E-state index in [1.807, 2.05) is 6.92 Å². The quantitative estimate of drug-likeness (QED) is 0.645. The van der Waals surface area contributed by atoms with Crippen molar-refractivity contribution >= 4 is 17.7 Å². The van der Waals surface area contributed by atoms with E-state index in [9.17, 15) is 24.6 Å². The standard InChI is InChI=1S/C19H18O7/c1-3-4-13-15(8-6-12(10(2)20)17(13)21)26-16-7-5-11(18(22)23)9-14(16)19(24)25/h5-9,21H,3-4H2,1-2H3,(H,22,23)(H,24,25). The Kier molecular flexibility index (Phi) is 5.61. The Labute approximate surface area is 149 Å². The molecule has 0 aromatic heterocycles. The summed E-state index contributed by atoms with van der Waals surface area (Å²) in [5, 5.41) is 28.7. The highest BCUT2D eigenvalue weighted by Crippen LogP contribution is 2.36. The van der Waals surface area contributed by atoms with Gasteiger partial charge in [-0.3, -0.25) is 4.79 Å². The van der Waals surface area contributed by atoms with E-state index in [0.717, 1.165) is 6.07 Å². The van der Waals surface area contributed by atoms with Gasteiger partial charge >= 0.3 is 11.9 Å². The van der Waals surface area contributed by atoms with E-state index in [0.29, 0.717) is 18.4 Å². The van der Waals surface area contributed by atoms with Crippen LogP contribution < -0.4 is 4.74 Å². The molecule has 7 heteroatoms. The average molecular weight is 358 g/mol. The van der Waals surface area contributed by atoms with Crippen LogP contribution in [0.4, 0.5) is 0 Å². The van der Waals surface area contributed by atoms with E-state index in [4.69, 9.17) is 9.84 Å². The number of phenols is 1. The van der Waals surface area contributed by atoms with Gasteiger partial charge < -0.3 is 20.1 Å². The van der Waals surface area contributed by atoms with Gasteiger partial charge in [0, 0.05) is 5.56 Å². The molecule has 2 aromatic rings. The van der Waals surface area contributed by atoms with Crippen molar-refractivity contribution in [3.05, 3.63) is 52.6 Å². The van der Waals surface area contributed by atoms with Gasteiger partial charge in [0.05, 0.1) is 11.1 Å². The zero-order chi connectivity index (χ0) is 19.4. The Morgan fingerprint density at radius 1 is 0.962 bits per heavy atom. The summed E-state index contributed by atoms with van der Waals surface area (Å²) in [6, 6.07) is 6.37. The number of hydrogen-bond acceptors (Lipinski definition) is 5. The van der Waals surface area contributed by atoms with E-state index >= 15 is 0 Å². The second-order valence-corrected chi connectivity index (χ2v) is 5.67. The van der Waals surface area contributed by atoms with Crippen molar-refractivity contribution < 1.29 is 34.4 Å². The van der Waals surface area contributed by atoms with E-state index in [1.165, 1.54) is 31.2 Å². The predicted octanol–water partition coefficient (Wildman–Crippen LogP) is 3.74. The number of carbonyl (C=O) groups is 3. The molecule has 0 aliphatic rings. The molecule has 3 N–H and O–H groups in total. The van der Waals surface area contributed by atoms with E-state index in [1.54, 1.807) is 0 Å². The van der Waals surface area contributed by atoms with Crippen LogP contribution in [0.3, 0.4) is 0 Å². The van der Waals surface area contributed by atoms with Gasteiger partial charge in [-0.1, -0.05) is 13.3 Å². The topological polar surface area (TPSA) is 121 Å². The summed E-state index contributed by atoms with van der Waals surface area (Å²) in [6.45, 7) is 3.21. The molecule has 0 fully saturated rings. The highest BCUT2D eigenvalue weighted by molar-refractivity contribution is 5.98. The van der Waals surface area contributed by atoms with Crippen LogP contribution in [0.5, 0.6) is 17.2 Å². The number of aromatic carboxylic acids is 2. The molecular weight excluding hydrogens is 340 g/mol. The first-order valence-corrected chi connectivity index (χ1v) is 7.90. The first-order chi connectivity index (χ1) is 12.3. The third kappa shape index (κ3) is 3.83. The molecule has 2 aromatic carbocycles. The number of carboxylic acids is 2. The van der Waals surface area contributed by atoms with E-state index < -0.39 is 11.9 Å². The lowest BCUT2D eigenvalue weighted by Gasteiger charge is -2.15. The fraction of sp³-hybridized carbons (Fsp3) is 0.211. The number of rotatable bonds is 7. The highest BCUT2D eigenvalue weighted by Gasteiger charge is 2.20. The molecule has 0 saturated heterocycles. The summed E-state index contributed by atoms with van der Waals surface area (Å²) >= 11 is 0. The zero-order valence-corrected chi connectivity index (χ0v) is 14.3. The van der Waals surface area contributed by atoms with Crippen LogP contribution in [0.2, 0.25) is 0 Å². The number of ketones is 1. The monoisotopic (exact) mass is 358 g/mol. The number of aromatic hydroxyl groups is 1. The molecule has 0 radical (unpaired) electrons. The number of carbonyl (C=O) groups excluding carboxylic acids is 1. The third-order valence-corrected chi connectivity index (χ3v) is 3.80. The van der Waals surface area contributed by atoms with Crippen molar-refractivity contribution in [3.8, 4) is 17.2 Å². The van der Waals surface area contributed by atoms with E-state index in [2.05, 4.69) is 0 Å².